The van der Waals surface area contributed by atoms with E-state index in [2.05, 4.69) is 5.32 Å². The van der Waals surface area contributed by atoms with Gasteiger partial charge in [0.2, 0.25) is 5.91 Å². The number of likely N-dealkylation sites (N-methyl/N-ethyl adjacent to an activating group) is 1. The van der Waals surface area contributed by atoms with Gasteiger partial charge in [0.15, 0.2) is 0 Å². The molecule has 0 aliphatic heterocycles. The maximum Gasteiger partial charge on any atom is 0.269 e. The molecule has 7 nitrogen and oxygen atoms in total. The third kappa shape index (κ3) is 5.37. The Balaban J connectivity index is 2.17. The zero-order valence-electron chi connectivity index (χ0n) is 15.6. The summed E-state index contributed by atoms with van der Waals surface area (Å²) >= 11 is 0. The summed E-state index contributed by atoms with van der Waals surface area (Å²) in [5.74, 6) is -0.368. The van der Waals surface area contributed by atoms with Crippen LogP contribution in [0, 0.1) is 16.0 Å². The van der Waals surface area contributed by atoms with Crippen molar-refractivity contribution in [3.8, 4) is 0 Å². The summed E-state index contributed by atoms with van der Waals surface area (Å²) < 4.78 is 0. The number of amides is 2. The molecule has 0 aliphatic carbocycles. The number of anilines is 1. The molecule has 0 saturated carbocycles. The number of nitrogens with one attached hydrogen (secondary N) is 1. The molecule has 0 fully saturated rings. The van der Waals surface area contributed by atoms with E-state index < -0.39 is 11.0 Å². The average Bonchev–Trinajstić information content (AvgIpc) is 2.65. The van der Waals surface area contributed by atoms with Gasteiger partial charge in [-0.3, -0.25) is 19.7 Å². The van der Waals surface area contributed by atoms with E-state index >= 15 is 0 Å². The van der Waals surface area contributed by atoms with Crippen molar-refractivity contribution in [3.05, 3.63) is 70.3 Å². The minimum absolute atomic E-state index is 0.0527. The Kier molecular flexibility index (Phi) is 6.65. The summed E-state index contributed by atoms with van der Waals surface area (Å²) in [6.45, 7) is 3.96. The summed E-state index contributed by atoms with van der Waals surface area (Å²) in [5.41, 5.74) is 0.903. The molecule has 2 amide bonds. The van der Waals surface area contributed by atoms with Gasteiger partial charge in [-0.1, -0.05) is 32.0 Å². The highest BCUT2D eigenvalue weighted by Gasteiger charge is 2.28. The maximum absolute atomic E-state index is 12.8. The predicted molar refractivity (Wildman–Crippen MR) is 104 cm³/mol. The van der Waals surface area contributed by atoms with Gasteiger partial charge in [0.05, 0.1) is 4.92 Å². The second kappa shape index (κ2) is 8.93. The number of benzene rings is 2. The highest BCUT2D eigenvalue weighted by molar-refractivity contribution is 6.01. The maximum atomic E-state index is 12.8. The Labute approximate surface area is 158 Å². The zero-order chi connectivity index (χ0) is 20.0. The van der Waals surface area contributed by atoms with E-state index in [4.69, 9.17) is 0 Å². The van der Waals surface area contributed by atoms with Gasteiger partial charge < -0.3 is 10.2 Å². The van der Waals surface area contributed by atoms with E-state index in [1.54, 1.807) is 31.3 Å². The SMILES string of the molecule is CC(C)C[C@@H](C(=O)Nc1ccc([N+](=O)[O-])cc1)N(C)C(=O)c1ccccc1. The standard InChI is InChI=1S/C20H23N3O4/c1-14(2)13-18(22(3)20(25)15-7-5-4-6-8-15)19(24)21-16-9-11-17(12-10-16)23(26)27/h4-12,14,18H,13H2,1-3H3,(H,21,24)/t18-/m0/s1. The molecule has 142 valence electrons. The topological polar surface area (TPSA) is 92.5 Å². The minimum Gasteiger partial charge on any atom is -0.330 e. The molecule has 0 spiro atoms. The Hall–Kier alpha value is -3.22. The first kappa shape index (κ1) is 20.1. The van der Waals surface area contributed by atoms with E-state index in [9.17, 15) is 19.7 Å². The van der Waals surface area contributed by atoms with Gasteiger partial charge in [-0.2, -0.15) is 0 Å². The molecule has 2 aromatic rings. The van der Waals surface area contributed by atoms with Crippen LogP contribution in [0.5, 0.6) is 0 Å². The van der Waals surface area contributed by atoms with Gasteiger partial charge in [-0.25, -0.2) is 0 Å². The van der Waals surface area contributed by atoms with Crippen LogP contribution in [-0.4, -0.2) is 34.7 Å². The predicted octanol–water partition coefficient (Wildman–Crippen LogP) is 3.72. The fourth-order valence-electron chi connectivity index (χ4n) is 2.71. The second-order valence-electron chi connectivity index (χ2n) is 6.72. The molecule has 2 rings (SSSR count). The van der Waals surface area contributed by atoms with Crippen LogP contribution in [-0.2, 0) is 4.79 Å². The molecule has 1 N–H and O–H groups in total. The summed E-state index contributed by atoms with van der Waals surface area (Å²) in [6.07, 6.45) is 0.494. The molecule has 0 aliphatic rings. The molecule has 0 saturated heterocycles. The van der Waals surface area contributed by atoms with E-state index in [0.717, 1.165) is 0 Å². The lowest BCUT2D eigenvalue weighted by molar-refractivity contribution is -0.384. The number of nitro benzene ring substituents is 1. The number of rotatable bonds is 7. The Morgan fingerprint density at radius 1 is 1.07 bits per heavy atom. The van der Waals surface area contributed by atoms with Gasteiger partial charge >= 0.3 is 0 Å². The third-order valence-electron chi connectivity index (χ3n) is 4.15. The number of nitrogens with zero attached hydrogens (tertiary/aromatic N) is 2. The van der Waals surface area contributed by atoms with Crippen LogP contribution in [0.1, 0.15) is 30.6 Å². The van der Waals surface area contributed by atoms with Crippen LogP contribution in [0.2, 0.25) is 0 Å². The van der Waals surface area contributed by atoms with Gasteiger partial charge in [0.25, 0.3) is 11.6 Å². The molecule has 0 unspecified atom stereocenters. The summed E-state index contributed by atoms with van der Waals surface area (Å²) in [6, 6.07) is 13.7. The van der Waals surface area contributed by atoms with Gasteiger partial charge in [0.1, 0.15) is 6.04 Å². The van der Waals surface area contributed by atoms with Crippen LogP contribution in [0.25, 0.3) is 0 Å². The van der Waals surface area contributed by atoms with Crippen molar-refractivity contribution in [3.63, 3.8) is 0 Å². The Morgan fingerprint density at radius 3 is 2.19 bits per heavy atom. The van der Waals surface area contributed by atoms with Crippen LogP contribution in [0.4, 0.5) is 11.4 Å². The highest BCUT2D eigenvalue weighted by atomic mass is 16.6. The first-order valence-electron chi connectivity index (χ1n) is 8.67. The lowest BCUT2D eigenvalue weighted by atomic mass is 10.0. The number of non-ortho nitro benzene ring substituents is 1. The number of carbonyl (C=O) groups is 2. The normalized spacial score (nSPS) is 11.7. The first-order valence-corrected chi connectivity index (χ1v) is 8.67. The van der Waals surface area contributed by atoms with E-state index in [-0.39, 0.29) is 23.4 Å². The number of nitro groups is 1. The van der Waals surface area contributed by atoms with Crippen molar-refractivity contribution in [1.82, 2.24) is 4.90 Å². The van der Waals surface area contributed by atoms with Crippen molar-refractivity contribution < 1.29 is 14.5 Å². The van der Waals surface area contributed by atoms with Gasteiger partial charge in [-0.15, -0.1) is 0 Å². The lowest BCUT2D eigenvalue weighted by Crippen LogP contribution is -2.45. The van der Waals surface area contributed by atoms with E-state index in [1.807, 2.05) is 19.9 Å². The Morgan fingerprint density at radius 2 is 1.67 bits per heavy atom. The van der Waals surface area contributed by atoms with E-state index in [1.165, 1.54) is 29.2 Å². The molecule has 0 heterocycles. The molecule has 0 aromatic heterocycles. The first-order chi connectivity index (χ1) is 12.8. The quantitative estimate of drug-likeness (QED) is 0.595. The fourth-order valence-corrected chi connectivity index (χ4v) is 2.71. The molecular formula is C20H23N3O4. The second-order valence-corrected chi connectivity index (χ2v) is 6.72. The molecule has 0 radical (unpaired) electrons. The number of carbonyl (C=O) groups excluding carboxylic acids is 2. The molecule has 0 bridgehead atoms. The molecular weight excluding hydrogens is 346 g/mol. The van der Waals surface area contributed by atoms with Crippen molar-refractivity contribution in [2.24, 2.45) is 5.92 Å². The summed E-state index contributed by atoms with van der Waals surface area (Å²) in [7, 11) is 1.61. The van der Waals surface area contributed by atoms with Crippen molar-refractivity contribution in [2.75, 3.05) is 12.4 Å². The Bertz CT molecular complexity index is 804. The van der Waals surface area contributed by atoms with Gasteiger partial charge in [-0.05, 0) is 36.6 Å². The van der Waals surface area contributed by atoms with Crippen molar-refractivity contribution in [1.29, 1.82) is 0 Å². The summed E-state index contributed by atoms with van der Waals surface area (Å²) in [4.78, 5) is 37.2. The van der Waals surface area contributed by atoms with Crippen molar-refractivity contribution in [2.45, 2.75) is 26.3 Å². The van der Waals surface area contributed by atoms with Crippen molar-refractivity contribution >= 4 is 23.2 Å². The van der Waals surface area contributed by atoms with Crippen LogP contribution in [0.3, 0.4) is 0 Å². The van der Waals surface area contributed by atoms with Crippen LogP contribution >= 0.6 is 0 Å². The van der Waals surface area contributed by atoms with Crippen LogP contribution in [0.15, 0.2) is 54.6 Å². The molecule has 2 aromatic carbocycles. The number of hydrogen-bond donors (Lipinski definition) is 1. The lowest BCUT2D eigenvalue weighted by Gasteiger charge is -2.28. The van der Waals surface area contributed by atoms with Gasteiger partial charge in [0, 0.05) is 30.4 Å². The average molecular weight is 369 g/mol. The minimum atomic E-state index is -0.659. The molecule has 1 atom stereocenters. The van der Waals surface area contributed by atoms with Crippen LogP contribution < -0.4 is 5.32 Å². The fraction of sp³-hybridized carbons (Fsp3) is 0.300. The zero-order valence-corrected chi connectivity index (χ0v) is 15.6. The molecule has 27 heavy (non-hydrogen) atoms. The molecule has 7 heteroatoms. The monoisotopic (exact) mass is 369 g/mol. The summed E-state index contributed by atoms with van der Waals surface area (Å²) in [5, 5.41) is 13.5. The highest BCUT2D eigenvalue weighted by Crippen LogP contribution is 2.19. The third-order valence-corrected chi connectivity index (χ3v) is 4.15. The number of hydrogen-bond acceptors (Lipinski definition) is 4. The smallest absolute Gasteiger partial charge is 0.269 e. The largest absolute Gasteiger partial charge is 0.330 e. The van der Waals surface area contributed by atoms with E-state index in [0.29, 0.717) is 17.7 Å².